The van der Waals surface area contributed by atoms with Crippen LogP contribution in [0.2, 0.25) is 0 Å². The summed E-state index contributed by atoms with van der Waals surface area (Å²) in [5.41, 5.74) is -2.32. The van der Waals surface area contributed by atoms with Crippen molar-refractivity contribution in [2.24, 2.45) is 10.8 Å². The highest BCUT2D eigenvalue weighted by atomic mass is 35.9. The first-order valence-corrected chi connectivity index (χ1v) is 8.95. The van der Waals surface area contributed by atoms with E-state index in [0.29, 0.717) is 0 Å². The highest BCUT2D eigenvalue weighted by Crippen LogP contribution is 2.40. The standard InChI is InChI=1S/C10H22O7.Cl2HOP/c11-1-9(2-12,3-13)7-17-8-10(4-14,5-15)6-16;1-4(2)3/h11-16H,1-8H2;3H. The van der Waals surface area contributed by atoms with Gasteiger partial charge in [0.15, 0.2) is 0 Å². The Hall–Kier alpha value is 0.690. The zero-order valence-electron chi connectivity index (χ0n) is 11.4. The van der Waals surface area contributed by atoms with Gasteiger partial charge in [-0.1, -0.05) is 0 Å². The topological polar surface area (TPSA) is 151 Å². The second kappa shape index (κ2) is 13.2. The van der Waals surface area contributed by atoms with E-state index in [9.17, 15) is 0 Å². The van der Waals surface area contributed by atoms with Gasteiger partial charge in [0.25, 0.3) is 0 Å². The quantitative estimate of drug-likeness (QED) is 0.231. The van der Waals surface area contributed by atoms with Crippen LogP contribution < -0.4 is 0 Å². The summed E-state index contributed by atoms with van der Waals surface area (Å²) >= 11 is 9.32. The van der Waals surface area contributed by atoms with Crippen LogP contribution >= 0.6 is 29.3 Å². The molecule has 0 aliphatic rings. The van der Waals surface area contributed by atoms with Gasteiger partial charge in [-0.2, -0.15) is 0 Å². The van der Waals surface area contributed by atoms with Gasteiger partial charge in [0, 0.05) is 0 Å². The maximum atomic E-state index is 9.03. The molecule has 8 nitrogen and oxygen atoms in total. The lowest BCUT2D eigenvalue weighted by molar-refractivity contribution is -0.103. The summed E-state index contributed by atoms with van der Waals surface area (Å²) in [5.74, 6) is 0. The molecule has 0 aromatic rings. The first kappa shape index (κ1) is 23.9. The minimum absolute atomic E-state index is 0.141. The molecule has 0 heterocycles. The molecular formula is C10H23Cl2O8P. The zero-order chi connectivity index (χ0) is 16.9. The predicted molar refractivity (Wildman–Crippen MR) is 79.0 cm³/mol. The Bertz CT molecular complexity index is 200. The summed E-state index contributed by atoms with van der Waals surface area (Å²) in [6.07, 6.45) is 0. The van der Waals surface area contributed by atoms with Gasteiger partial charge in [-0.05, 0) is 22.5 Å². The van der Waals surface area contributed by atoms with E-state index in [0.717, 1.165) is 0 Å². The predicted octanol–water partition coefficient (Wildman–Crippen LogP) is -1.39. The summed E-state index contributed by atoms with van der Waals surface area (Å²) < 4.78 is 5.15. The molecular weight excluding hydrogens is 350 g/mol. The van der Waals surface area contributed by atoms with Gasteiger partial charge in [0.05, 0.1) is 63.7 Å². The van der Waals surface area contributed by atoms with Crippen molar-refractivity contribution >= 4 is 29.3 Å². The van der Waals surface area contributed by atoms with Gasteiger partial charge in [0.2, 0.25) is 6.85 Å². The largest absolute Gasteiger partial charge is 0.396 e. The van der Waals surface area contributed by atoms with Gasteiger partial charge in [-0.25, -0.2) is 0 Å². The summed E-state index contributed by atoms with van der Waals surface area (Å²) in [4.78, 5) is 7.65. The Balaban J connectivity index is 0. The maximum absolute atomic E-state index is 9.03. The smallest absolute Gasteiger partial charge is 0.222 e. The average Bonchev–Trinajstić information content (AvgIpc) is 2.48. The highest BCUT2D eigenvalue weighted by molar-refractivity contribution is 7.99. The van der Waals surface area contributed by atoms with Crippen LogP contribution in [0.5, 0.6) is 0 Å². The highest BCUT2D eigenvalue weighted by Gasteiger charge is 2.32. The number of ether oxygens (including phenoxy) is 1. The van der Waals surface area contributed by atoms with Crippen LogP contribution in [0.15, 0.2) is 0 Å². The van der Waals surface area contributed by atoms with E-state index in [2.05, 4.69) is 22.5 Å². The molecule has 0 radical (unpaired) electrons. The third-order valence-electron chi connectivity index (χ3n) is 2.83. The third-order valence-corrected chi connectivity index (χ3v) is 2.83. The molecule has 0 atom stereocenters. The molecule has 0 unspecified atom stereocenters. The lowest BCUT2D eigenvalue weighted by atomic mass is 9.91. The van der Waals surface area contributed by atoms with Crippen LogP contribution in [0.4, 0.5) is 0 Å². The molecule has 0 amide bonds. The summed E-state index contributed by atoms with van der Waals surface area (Å²) in [6.45, 7) is -4.68. The van der Waals surface area contributed by atoms with Gasteiger partial charge in [-0.3, -0.25) is 0 Å². The van der Waals surface area contributed by atoms with Gasteiger partial charge in [0.1, 0.15) is 0 Å². The van der Waals surface area contributed by atoms with E-state index < -0.39 is 57.3 Å². The molecule has 0 aromatic heterocycles. The van der Waals surface area contributed by atoms with Gasteiger partial charge in [-0.15, -0.1) is 0 Å². The summed E-state index contributed by atoms with van der Waals surface area (Å²) in [7, 11) is 0. The summed E-state index contributed by atoms with van der Waals surface area (Å²) in [6, 6.07) is 0. The Kier molecular flexibility index (Phi) is 15.0. The van der Waals surface area contributed by atoms with Crippen LogP contribution in [-0.4, -0.2) is 88.4 Å². The van der Waals surface area contributed by atoms with E-state index in [1.807, 2.05) is 0 Å². The molecule has 0 aromatic carbocycles. The monoisotopic (exact) mass is 372 g/mol. The molecule has 0 aliphatic heterocycles. The molecule has 7 N–H and O–H groups in total. The second-order valence-corrected chi connectivity index (χ2v) is 7.53. The van der Waals surface area contributed by atoms with Crippen LogP contribution in [0.1, 0.15) is 0 Å². The van der Waals surface area contributed by atoms with Gasteiger partial charge < -0.3 is 40.3 Å². The van der Waals surface area contributed by atoms with Crippen molar-refractivity contribution in [3.8, 4) is 0 Å². The molecule has 0 saturated heterocycles. The second-order valence-electron chi connectivity index (χ2n) is 4.66. The van der Waals surface area contributed by atoms with E-state index in [1.54, 1.807) is 0 Å². The van der Waals surface area contributed by atoms with Crippen molar-refractivity contribution in [2.75, 3.05) is 52.9 Å². The van der Waals surface area contributed by atoms with Crippen LogP contribution in [-0.2, 0) is 4.74 Å². The zero-order valence-corrected chi connectivity index (χ0v) is 13.8. The summed E-state index contributed by atoms with van der Waals surface area (Å²) in [5, 5.41) is 54.2. The minimum atomic E-state index is -1.68. The fraction of sp³-hybridized carbons (Fsp3) is 1.00. The SMILES string of the molecule is OCC(CO)(CO)COCC(CO)(CO)CO.OP(Cl)Cl. The van der Waals surface area contributed by atoms with E-state index in [-0.39, 0.29) is 13.2 Å². The fourth-order valence-corrected chi connectivity index (χ4v) is 1.06. The van der Waals surface area contributed by atoms with Crippen molar-refractivity contribution in [1.29, 1.82) is 0 Å². The normalized spacial score (nSPS) is 12.3. The van der Waals surface area contributed by atoms with Crippen molar-refractivity contribution in [3.05, 3.63) is 0 Å². The van der Waals surface area contributed by atoms with Crippen molar-refractivity contribution in [3.63, 3.8) is 0 Å². The number of hydrogen-bond donors (Lipinski definition) is 7. The molecule has 0 saturated carbocycles. The van der Waals surface area contributed by atoms with Crippen molar-refractivity contribution < 1.29 is 40.3 Å². The van der Waals surface area contributed by atoms with Gasteiger partial charge >= 0.3 is 0 Å². The molecule has 0 spiro atoms. The average molecular weight is 373 g/mol. The van der Waals surface area contributed by atoms with E-state index in [1.165, 1.54) is 0 Å². The lowest BCUT2D eigenvalue weighted by Crippen LogP contribution is -2.43. The number of aliphatic hydroxyl groups excluding tert-OH is 6. The molecule has 130 valence electrons. The number of halogens is 2. The maximum Gasteiger partial charge on any atom is 0.222 e. The van der Waals surface area contributed by atoms with Crippen molar-refractivity contribution in [1.82, 2.24) is 0 Å². The van der Waals surface area contributed by atoms with Crippen molar-refractivity contribution in [2.45, 2.75) is 0 Å². The fourth-order valence-electron chi connectivity index (χ4n) is 1.06. The molecule has 0 rings (SSSR count). The third kappa shape index (κ3) is 10.1. The Labute approximate surface area is 133 Å². The lowest BCUT2D eigenvalue weighted by Gasteiger charge is -2.31. The number of aliphatic hydroxyl groups is 6. The van der Waals surface area contributed by atoms with E-state index in [4.69, 9.17) is 40.3 Å². The first-order chi connectivity index (χ1) is 9.80. The molecule has 0 bridgehead atoms. The number of rotatable bonds is 10. The first-order valence-electron chi connectivity index (χ1n) is 5.84. The Morgan fingerprint density at radius 3 is 1.00 bits per heavy atom. The molecule has 0 fully saturated rings. The molecule has 11 heteroatoms. The molecule has 0 aliphatic carbocycles. The number of hydrogen-bond acceptors (Lipinski definition) is 8. The van der Waals surface area contributed by atoms with Crippen LogP contribution in [0, 0.1) is 10.8 Å². The Morgan fingerprint density at radius 2 is 0.857 bits per heavy atom. The van der Waals surface area contributed by atoms with Crippen LogP contribution in [0.25, 0.3) is 0 Å². The van der Waals surface area contributed by atoms with Crippen LogP contribution in [0.3, 0.4) is 0 Å². The van der Waals surface area contributed by atoms with E-state index >= 15 is 0 Å². The Morgan fingerprint density at radius 1 is 0.667 bits per heavy atom. The minimum Gasteiger partial charge on any atom is -0.396 e. The molecule has 21 heavy (non-hydrogen) atoms.